The molecule has 0 unspecified atom stereocenters. The lowest BCUT2D eigenvalue weighted by molar-refractivity contribution is 0.0952. The minimum Gasteiger partial charge on any atom is -0.352 e. The van der Waals surface area contributed by atoms with Crippen molar-refractivity contribution in [1.82, 2.24) is 15.2 Å². The molecule has 1 fully saturated rings. The lowest BCUT2D eigenvalue weighted by Gasteiger charge is -2.18. The van der Waals surface area contributed by atoms with Crippen LogP contribution in [0.25, 0.3) is 0 Å². The summed E-state index contributed by atoms with van der Waals surface area (Å²) in [5.74, 6) is -0.720. The molecular weight excluding hydrogens is 432 g/mol. The predicted octanol–water partition coefficient (Wildman–Crippen LogP) is 5.34. The smallest absolute Gasteiger partial charge is 0.252 e. The third kappa shape index (κ3) is 6.70. The van der Waals surface area contributed by atoms with Crippen LogP contribution in [0, 0.1) is 11.6 Å². The molecule has 0 atom stereocenters. The maximum atomic E-state index is 13.4. The minimum absolute atomic E-state index is 0.00495. The zero-order valence-electron chi connectivity index (χ0n) is 19.4. The van der Waals surface area contributed by atoms with E-state index in [1.165, 1.54) is 50.2 Å². The van der Waals surface area contributed by atoms with Gasteiger partial charge in [-0.15, -0.1) is 0 Å². The molecule has 4 rings (SSSR count). The van der Waals surface area contributed by atoms with E-state index >= 15 is 0 Å². The number of nitrogens with zero attached hydrogens (tertiary/aromatic N) is 2. The molecule has 1 amide bonds. The second-order valence-electron chi connectivity index (χ2n) is 8.89. The number of carbonyl (C=O) groups is 1. The minimum atomic E-state index is -0.287. The van der Waals surface area contributed by atoms with Crippen LogP contribution in [0.5, 0.6) is 0 Å². The van der Waals surface area contributed by atoms with E-state index in [1.54, 1.807) is 30.5 Å². The number of hydrogen-bond acceptors (Lipinski definition) is 3. The zero-order chi connectivity index (χ0) is 23.8. The highest BCUT2D eigenvalue weighted by Crippen LogP contribution is 2.29. The van der Waals surface area contributed by atoms with Crippen LogP contribution in [0.2, 0.25) is 0 Å². The van der Waals surface area contributed by atoms with Crippen molar-refractivity contribution in [3.63, 3.8) is 0 Å². The number of aromatic nitrogens is 1. The summed E-state index contributed by atoms with van der Waals surface area (Å²) in [4.78, 5) is 19.5. The van der Waals surface area contributed by atoms with E-state index < -0.39 is 0 Å². The highest BCUT2D eigenvalue weighted by Gasteiger charge is 2.15. The van der Waals surface area contributed by atoms with E-state index in [0.717, 1.165) is 42.6 Å². The number of rotatable bonds is 10. The van der Waals surface area contributed by atoms with Crippen LogP contribution in [0.1, 0.15) is 58.8 Å². The number of amides is 1. The quantitative estimate of drug-likeness (QED) is 0.413. The molecule has 2 heterocycles. The Kier molecular flexibility index (Phi) is 8.36. The molecule has 1 N–H and O–H groups in total. The molecule has 34 heavy (non-hydrogen) atoms. The van der Waals surface area contributed by atoms with Crippen LogP contribution in [0.15, 0.2) is 66.9 Å². The van der Waals surface area contributed by atoms with Gasteiger partial charge in [0.05, 0.1) is 5.56 Å². The van der Waals surface area contributed by atoms with E-state index in [9.17, 15) is 13.6 Å². The Hall–Kier alpha value is -3.12. The first-order valence-corrected chi connectivity index (χ1v) is 12.0. The molecule has 3 aromatic rings. The van der Waals surface area contributed by atoms with E-state index in [1.807, 2.05) is 12.1 Å². The number of halogens is 2. The summed E-state index contributed by atoms with van der Waals surface area (Å²) in [6, 6.07) is 16.6. The summed E-state index contributed by atoms with van der Waals surface area (Å²) < 4.78 is 26.8. The summed E-state index contributed by atoms with van der Waals surface area (Å²) in [6.45, 7) is 3.86. The maximum Gasteiger partial charge on any atom is 0.252 e. The van der Waals surface area contributed by atoms with E-state index in [0.29, 0.717) is 12.1 Å². The zero-order valence-corrected chi connectivity index (χ0v) is 19.4. The first kappa shape index (κ1) is 24.0. The van der Waals surface area contributed by atoms with Gasteiger partial charge in [0, 0.05) is 37.3 Å². The highest BCUT2D eigenvalue weighted by molar-refractivity contribution is 5.93. The lowest BCUT2D eigenvalue weighted by Crippen LogP contribution is -2.25. The molecule has 0 radical (unpaired) electrons. The van der Waals surface area contributed by atoms with Crippen LogP contribution < -0.4 is 5.32 Å². The number of carbonyl (C=O) groups excluding carboxylic acids is 1. The molecule has 1 aromatic heterocycles. The lowest BCUT2D eigenvalue weighted by atomic mass is 9.87. The van der Waals surface area contributed by atoms with Crippen LogP contribution in [0.4, 0.5) is 8.78 Å². The molecule has 6 heteroatoms. The molecule has 4 nitrogen and oxygen atoms in total. The molecule has 0 bridgehead atoms. The van der Waals surface area contributed by atoms with Crippen molar-refractivity contribution in [3.8, 4) is 0 Å². The Bertz CT molecular complexity index is 1000. The summed E-state index contributed by atoms with van der Waals surface area (Å²) in [5, 5.41) is 2.96. The number of pyridine rings is 1. The molecule has 1 saturated heterocycles. The molecule has 0 spiro atoms. The van der Waals surface area contributed by atoms with Crippen molar-refractivity contribution in [1.29, 1.82) is 0 Å². The van der Waals surface area contributed by atoms with Gasteiger partial charge in [-0.25, -0.2) is 8.78 Å². The normalized spacial score (nSPS) is 14.0. The summed E-state index contributed by atoms with van der Waals surface area (Å²) in [5.41, 5.74) is 3.49. The fourth-order valence-electron chi connectivity index (χ4n) is 4.51. The summed E-state index contributed by atoms with van der Waals surface area (Å²) in [6.07, 6.45) is 6.57. The van der Waals surface area contributed by atoms with Gasteiger partial charge < -0.3 is 10.2 Å². The van der Waals surface area contributed by atoms with Crippen LogP contribution >= 0.6 is 0 Å². The van der Waals surface area contributed by atoms with Crippen LogP contribution in [-0.4, -0.2) is 42.0 Å². The standard InChI is InChI=1S/C28H31F2N3O/c29-24-10-5-21(6-11-24)27(22-7-12-25(30)13-8-22)4-3-16-31-28(34)23-9-14-26(32-20-23)15-19-33-17-1-2-18-33/h5-14,20,27H,1-4,15-19H2,(H,31,34). The summed E-state index contributed by atoms with van der Waals surface area (Å²) >= 11 is 0. The topological polar surface area (TPSA) is 45.2 Å². The third-order valence-corrected chi connectivity index (χ3v) is 6.47. The number of nitrogens with one attached hydrogen (secondary N) is 1. The van der Waals surface area contributed by atoms with Crippen molar-refractivity contribution in [2.75, 3.05) is 26.2 Å². The van der Waals surface area contributed by atoms with Gasteiger partial charge in [0.15, 0.2) is 0 Å². The Morgan fingerprint density at radius 2 is 1.53 bits per heavy atom. The van der Waals surface area contributed by atoms with Gasteiger partial charge in [0.1, 0.15) is 11.6 Å². The Morgan fingerprint density at radius 1 is 0.912 bits per heavy atom. The van der Waals surface area contributed by atoms with Crippen molar-refractivity contribution in [2.45, 2.75) is 38.0 Å². The van der Waals surface area contributed by atoms with Gasteiger partial charge in [0.25, 0.3) is 5.91 Å². The summed E-state index contributed by atoms with van der Waals surface area (Å²) in [7, 11) is 0. The molecule has 1 aliphatic rings. The van der Waals surface area contributed by atoms with Crippen LogP contribution in [0.3, 0.4) is 0 Å². The van der Waals surface area contributed by atoms with Crippen molar-refractivity contribution < 1.29 is 13.6 Å². The number of benzene rings is 2. The SMILES string of the molecule is O=C(NCCCC(c1ccc(F)cc1)c1ccc(F)cc1)c1ccc(CCN2CCCC2)nc1. The molecule has 1 aliphatic heterocycles. The third-order valence-electron chi connectivity index (χ3n) is 6.47. The molecule has 178 valence electrons. The van der Waals surface area contributed by atoms with Gasteiger partial charge in [-0.1, -0.05) is 24.3 Å². The monoisotopic (exact) mass is 463 g/mol. The average Bonchev–Trinajstić information content (AvgIpc) is 3.38. The fourth-order valence-corrected chi connectivity index (χ4v) is 4.51. The van der Waals surface area contributed by atoms with E-state index in [2.05, 4.69) is 15.2 Å². The predicted molar refractivity (Wildman–Crippen MR) is 130 cm³/mol. The maximum absolute atomic E-state index is 13.4. The second kappa shape index (κ2) is 11.8. The van der Waals surface area contributed by atoms with Crippen molar-refractivity contribution in [2.24, 2.45) is 0 Å². The van der Waals surface area contributed by atoms with Gasteiger partial charge in [-0.3, -0.25) is 9.78 Å². The molecule has 0 saturated carbocycles. The average molecular weight is 464 g/mol. The Balaban J connectivity index is 1.28. The van der Waals surface area contributed by atoms with Gasteiger partial charge in [-0.2, -0.15) is 0 Å². The van der Waals surface area contributed by atoms with Gasteiger partial charge in [-0.05, 0) is 86.3 Å². The first-order valence-electron chi connectivity index (χ1n) is 12.0. The Morgan fingerprint density at radius 3 is 2.09 bits per heavy atom. The highest BCUT2D eigenvalue weighted by atomic mass is 19.1. The van der Waals surface area contributed by atoms with E-state index in [4.69, 9.17) is 0 Å². The first-order chi connectivity index (χ1) is 16.6. The van der Waals surface area contributed by atoms with Gasteiger partial charge in [0.2, 0.25) is 0 Å². The van der Waals surface area contributed by atoms with Gasteiger partial charge >= 0.3 is 0 Å². The van der Waals surface area contributed by atoms with Crippen LogP contribution in [-0.2, 0) is 6.42 Å². The Labute approximate surface area is 200 Å². The van der Waals surface area contributed by atoms with Crippen molar-refractivity contribution >= 4 is 5.91 Å². The number of likely N-dealkylation sites (tertiary alicyclic amines) is 1. The van der Waals surface area contributed by atoms with E-state index in [-0.39, 0.29) is 23.5 Å². The molecule has 2 aromatic carbocycles. The largest absolute Gasteiger partial charge is 0.352 e. The molecular formula is C28H31F2N3O. The fraction of sp³-hybridized carbons (Fsp3) is 0.357. The second-order valence-corrected chi connectivity index (χ2v) is 8.89. The van der Waals surface area contributed by atoms with Crippen molar-refractivity contribution in [3.05, 3.63) is 101 Å². The molecule has 0 aliphatic carbocycles. The number of hydrogen-bond donors (Lipinski definition) is 1.